The second-order valence-electron chi connectivity index (χ2n) is 36.2. The molecule has 86 heavy (non-hydrogen) atoms. The first kappa shape index (κ1) is 76.6. The summed E-state index contributed by atoms with van der Waals surface area (Å²) in [4.78, 5) is 0. The summed E-state index contributed by atoms with van der Waals surface area (Å²) in [6, 6.07) is 0. The Bertz CT molecular complexity index is 1190. The smallest absolute Gasteiger partial charge is 0 e. The van der Waals surface area contributed by atoms with Crippen molar-refractivity contribution < 1.29 is 25.2 Å². The topological polar surface area (TPSA) is 63.0 Å². The Morgan fingerprint density at radius 3 is 0.198 bits per heavy atom. The van der Waals surface area contributed by atoms with Crippen LogP contribution in [-0.4, -0.2) is 11.0 Å². The van der Waals surface area contributed by atoms with Gasteiger partial charge in [0.05, 0.1) is 0 Å². The molecule has 12 saturated carbocycles. The highest BCUT2D eigenvalue weighted by Crippen LogP contribution is 2.47. The van der Waals surface area contributed by atoms with Gasteiger partial charge in [-0.05, 0) is 296 Å². The molecule has 0 heterocycles. The molecule has 0 aromatic heterocycles. The number of hydrogen-bond acceptors (Lipinski definition) is 0. The lowest BCUT2D eigenvalue weighted by Crippen LogP contribution is -2.24. The maximum absolute atomic E-state index is 2.43. The molecule has 4 N–H and O–H groups in total. The average molecular weight is 1220 g/mol. The van der Waals surface area contributed by atoms with E-state index in [9.17, 15) is 0 Å². The van der Waals surface area contributed by atoms with Crippen molar-refractivity contribution in [2.24, 2.45) is 142 Å². The maximum atomic E-state index is 2.43. The van der Waals surface area contributed by atoms with E-state index in [1.165, 1.54) is 154 Å². The van der Waals surface area contributed by atoms with Gasteiger partial charge in [0.2, 0.25) is 0 Å². The normalized spacial score (nSPS) is 44.0. The van der Waals surface area contributed by atoms with Gasteiger partial charge in [0.15, 0.2) is 0 Å². The van der Waals surface area contributed by atoms with Gasteiger partial charge in [0.25, 0.3) is 0 Å². The highest BCUT2D eigenvalue weighted by molar-refractivity contribution is 4.86. The van der Waals surface area contributed by atoms with Crippen LogP contribution in [0.1, 0.15) is 406 Å². The van der Waals surface area contributed by atoms with Crippen molar-refractivity contribution >= 4 is 0 Å². The summed E-state index contributed by atoms with van der Waals surface area (Å²) in [5.74, 6) is 25.6. The van der Waals surface area contributed by atoms with E-state index in [4.69, 9.17) is 0 Å². The molecule has 0 spiro atoms. The van der Waals surface area contributed by atoms with Crippen LogP contribution < -0.4 is 0 Å². The predicted octanol–water partition coefficient (Wildman–Crippen LogP) is 28.6. The molecule has 0 aromatic carbocycles. The van der Waals surface area contributed by atoms with Gasteiger partial charge in [0, 0.05) is 14.3 Å². The Morgan fingerprint density at radius 1 is 0.105 bits per heavy atom. The van der Waals surface area contributed by atoms with E-state index in [1.807, 2.05) is 0 Å². The fraction of sp³-hybridized carbons (Fsp3) is 1.00. The van der Waals surface area contributed by atoms with Crippen LogP contribution in [0.2, 0.25) is 0 Å². The summed E-state index contributed by atoms with van der Waals surface area (Å²) in [5, 5.41) is 0. The van der Waals surface area contributed by atoms with Gasteiger partial charge in [-0.2, -0.15) is 0 Å². The summed E-state index contributed by atoms with van der Waals surface area (Å²) in [5.41, 5.74) is 0. The summed E-state index contributed by atoms with van der Waals surface area (Å²) in [6.07, 6.45) is 73.3. The maximum Gasteiger partial charge on any atom is 0 e. The van der Waals surface area contributed by atoms with E-state index in [-0.39, 0.29) is 25.2 Å². The fourth-order valence-corrected chi connectivity index (χ4v) is 21.1. The van der Waals surface area contributed by atoms with Gasteiger partial charge in [-0.1, -0.05) is 237 Å². The lowest BCUT2D eigenvalue weighted by molar-refractivity contribution is 0.155. The zero-order valence-electron chi connectivity index (χ0n) is 60.8. The van der Waals surface area contributed by atoms with Crippen molar-refractivity contribution in [1.82, 2.24) is 0 Å². The molecule has 12 aliphatic carbocycles. The Labute approximate surface area is 556 Å². The first-order valence-corrected chi connectivity index (χ1v) is 40.5. The molecule has 0 aromatic rings. The first-order chi connectivity index (χ1) is 40.5. The summed E-state index contributed by atoms with van der Waals surface area (Å²) < 4.78 is 0. The third-order valence-electron chi connectivity index (χ3n) is 28.7. The zero-order chi connectivity index (χ0) is 59.8. The van der Waals surface area contributed by atoms with E-state index >= 15 is 0 Å². The molecule has 12 fully saturated rings. The van der Waals surface area contributed by atoms with Crippen LogP contribution in [0.4, 0.5) is 0 Å². The van der Waals surface area contributed by atoms with Crippen molar-refractivity contribution in [3.05, 3.63) is 0 Å². The van der Waals surface area contributed by atoms with Crippen molar-refractivity contribution in [3.8, 4) is 0 Å². The molecule has 2 nitrogen and oxygen atoms in total. The molecule has 12 rings (SSSR count). The first-order valence-electron chi connectivity index (χ1n) is 40.5. The molecule has 2 heteroatoms. The third kappa shape index (κ3) is 27.9. The van der Waals surface area contributed by atoms with E-state index in [2.05, 4.69) is 83.1 Å². The van der Waals surface area contributed by atoms with Gasteiger partial charge in [0.1, 0.15) is 0 Å². The van der Waals surface area contributed by atoms with Crippen molar-refractivity contribution in [1.29, 1.82) is 0 Å². The van der Waals surface area contributed by atoms with E-state index in [1.54, 1.807) is 154 Å². The second-order valence-corrected chi connectivity index (χ2v) is 36.2. The molecule has 0 amide bonds. The summed E-state index contributed by atoms with van der Waals surface area (Å²) in [6.45, 7) is 29.2. The largest absolute Gasteiger partial charge is 0.412 e. The minimum absolute atomic E-state index is 0. The van der Waals surface area contributed by atoms with Crippen molar-refractivity contribution in [2.45, 2.75) is 391 Å². The molecule has 0 atom stereocenters. The van der Waals surface area contributed by atoms with E-state index < -0.39 is 0 Å². The predicted molar refractivity (Wildman–Crippen MR) is 402 cm³/mol. The van der Waals surface area contributed by atoms with Crippen LogP contribution in [0.25, 0.3) is 0 Å². The quantitative estimate of drug-likeness (QED) is 0.254. The van der Waals surface area contributed by atoms with Gasteiger partial charge in [-0.3, -0.25) is 0 Å². The minimum atomic E-state index is 0. The lowest BCUT2D eigenvalue weighted by atomic mass is 9.70. The highest BCUT2D eigenvalue weighted by Gasteiger charge is 2.34. The molecular weight excluding hydrogens is 1040 g/mol. The van der Waals surface area contributed by atoms with Crippen LogP contribution in [0.15, 0.2) is 0 Å². The van der Waals surface area contributed by atoms with Gasteiger partial charge in [-0.25, -0.2) is 0 Å². The van der Waals surface area contributed by atoms with Gasteiger partial charge >= 0.3 is 0 Å². The lowest BCUT2D eigenvalue weighted by Gasteiger charge is -2.36. The zero-order valence-corrected chi connectivity index (χ0v) is 60.8. The highest BCUT2D eigenvalue weighted by atomic mass is 16.0. The van der Waals surface area contributed by atoms with Crippen LogP contribution in [-0.2, 0) is 0 Å². The molecule has 0 aliphatic heterocycles. The SMILES string of the molecule is CC1CCC(C2CCC(C)CC2)CC1.CC1CCC(C2CCC(C)CC2)CC1.CC1CCC(C2CCC(C)CC2)CC1.CC1CCC(C2CCC(C)CC2)CC1.CC1CCC(C2CCC(C)CC2)CC1.CC1CCC(C2CCC(C)CC2)CC1.O.O.[HH].[HH].[HH].[HH].[HH].[HH].[HH].[HH].[HH].[HH]. The summed E-state index contributed by atoms with van der Waals surface area (Å²) in [7, 11) is 0. The standard InChI is InChI=1S/6C14H26.2H2O.10H2/c6*1-11-3-7-13(8-4-11)14-9-5-12(2)6-10-14;;;;;;;;;;;;/h6*11-14H,3-10H2,1-2H3;2*1H2;10*1H. The van der Waals surface area contributed by atoms with E-state index in [0.717, 1.165) is 142 Å². The number of rotatable bonds is 6. The average Bonchev–Trinajstić information content (AvgIpc) is 1.06. The Balaban J connectivity index is -0.000000247. The molecular formula is C84H180O2. The van der Waals surface area contributed by atoms with Crippen LogP contribution >= 0.6 is 0 Å². The molecule has 0 radical (unpaired) electrons. The molecule has 0 saturated heterocycles. The minimum Gasteiger partial charge on any atom is -0.412 e. The fourth-order valence-electron chi connectivity index (χ4n) is 21.1. The van der Waals surface area contributed by atoms with Crippen LogP contribution in [0.5, 0.6) is 0 Å². The van der Waals surface area contributed by atoms with E-state index in [0.29, 0.717) is 0 Å². The third-order valence-corrected chi connectivity index (χ3v) is 28.7. The monoisotopic (exact) mass is 1220 g/mol. The molecule has 0 unspecified atom stereocenters. The Kier molecular flexibility index (Phi) is 37.1. The van der Waals surface area contributed by atoms with Crippen LogP contribution in [0.3, 0.4) is 0 Å². The number of hydrogen-bond donors (Lipinski definition) is 0. The molecule has 528 valence electrons. The Morgan fingerprint density at radius 2 is 0.151 bits per heavy atom. The van der Waals surface area contributed by atoms with Gasteiger partial charge in [-0.15, -0.1) is 0 Å². The second kappa shape index (κ2) is 41.6. The van der Waals surface area contributed by atoms with Crippen molar-refractivity contribution in [3.63, 3.8) is 0 Å². The molecule has 0 bridgehead atoms. The summed E-state index contributed by atoms with van der Waals surface area (Å²) >= 11 is 0. The van der Waals surface area contributed by atoms with Gasteiger partial charge < -0.3 is 11.0 Å². The van der Waals surface area contributed by atoms with Crippen LogP contribution in [0, 0.1) is 142 Å². The Hall–Kier alpha value is -0.0800. The van der Waals surface area contributed by atoms with Crippen molar-refractivity contribution in [2.75, 3.05) is 0 Å². The molecule has 12 aliphatic rings.